The number of esters is 1. The zero-order valence-corrected chi connectivity index (χ0v) is 16.0. The van der Waals surface area contributed by atoms with Gasteiger partial charge in [-0.25, -0.2) is 4.79 Å². The number of nitrogens with zero attached hydrogens (tertiary/aromatic N) is 1. The third-order valence-corrected chi connectivity index (χ3v) is 4.93. The second-order valence-corrected chi connectivity index (χ2v) is 6.45. The van der Waals surface area contributed by atoms with Crippen LogP contribution in [0.5, 0.6) is 0 Å². The molecule has 3 aromatic rings. The first kappa shape index (κ1) is 19.8. The number of rotatable bonds is 4. The lowest BCUT2D eigenvalue weighted by Crippen LogP contribution is -2.24. The molecule has 1 aromatic heterocycles. The molecule has 0 amide bonds. The van der Waals surface area contributed by atoms with Crippen LogP contribution in [0.25, 0.3) is 22.0 Å². The number of ketones is 1. The van der Waals surface area contributed by atoms with Gasteiger partial charge in [-0.2, -0.15) is 0 Å². The molecule has 4 rings (SSSR count). The minimum absolute atomic E-state index is 0. The normalized spacial score (nSPS) is 11.7. The Kier molecular flexibility index (Phi) is 5.36. The Hall–Kier alpha value is -2.96. The second-order valence-electron chi connectivity index (χ2n) is 6.45. The summed E-state index contributed by atoms with van der Waals surface area (Å²) in [6, 6.07) is 12.0. The summed E-state index contributed by atoms with van der Waals surface area (Å²) in [6.45, 7) is 0.828. The van der Waals surface area contributed by atoms with Gasteiger partial charge in [-0.1, -0.05) is 30.3 Å². The maximum absolute atomic E-state index is 13.2. The van der Waals surface area contributed by atoms with Crippen molar-refractivity contribution in [3.05, 3.63) is 69.5 Å². The number of benzene rings is 2. The quantitative estimate of drug-likeness (QED) is 0.534. The highest BCUT2D eigenvalue weighted by Gasteiger charge is 2.32. The molecule has 6 nitrogen and oxygen atoms in total. The maximum atomic E-state index is 13.2. The molecular formula is C21H19ClN2O4. The van der Waals surface area contributed by atoms with E-state index in [-0.39, 0.29) is 29.3 Å². The van der Waals surface area contributed by atoms with Crippen molar-refractivity contribution in [2.45, 2.75) is 13.0 Å². The van der Waals surface area contributed by atoms with Crippen LogP contribution in [-0.2, 0) is 11.3 Å². The highest BCUT2D eigenvalue weighted by molar-refractivity contribution is 6.26. The van der Waals surface area contributed by atoms with E-state index in [9.17, 15) is 14.4 Å². The van der Waals surface area contributed by atoms with Gasteiger partial charge in [0.15, 0.2) is 5.78 Å². The van der Waals surface area contributed by atoms with Crippen LogP contribution in [0, 0.1) is 0 Å². The van der Waals surface area contributed by atoms with E-state index in [1.54, 1.807) is 22.8 Å². The van der Waals surface area contributed by atoms with Gasteiger partial charge in [-0.15, -0.1) is 12.4 Å². The van der Waals surface area contributed by atoms with Crippen molar-refractivity contribution in [3.8, 4) is 11.3 Å². The number of hydrogen-bond donors (Lipinski definition) is 1. The molecule has 28 heavy (non-hydrogen) atoms. The number of nitrogens with two attached hydrogens (primary N) is 1. The van der Waals surface area contributed by atoms with Crippen LogP contribution < -0.4 is 11.3 Å². The molecule has 0 atom stereocenters. The van der Waals surface area contributed by atoms with Crippen molar-refractivity contribution in [1.82, 2.24) is 4.57 Å². The monoisotopic (exact) mass is 398 g/mol. The summed E-state index contributed by atoms with van der Waals surface area (Å²) < 4.78 is 6.36. The Bertz CT molecular complexity index is 1170. The number of hydrogen-bond acceptors (Lipinski definition) is 5. The van der Waals surface area contributed by atoms with Gasteiger partial charge in [0.2, 0.25) is 0 Å². The smallest absolute Gasteiger partial charge is 0.337 e. The summed E-state index contributed by atoms with van der Waals surface area (Å²) in [6.07, 6.45) is 0.602. The van der Waals surface area contributed by atoms with Crippen molar-refractivity contribution >= 4 is 34.9 Å². The van der Waals surface area contributed by atoms with Gasteiger partial charge in [0, 0.05) is 28.4 Å². The highest BCUT2D eigenvalue weighted by Crippen LogP contribution is 2.39. The van der Waals surface area contributed by atoms with E-state index in [1.165, 1.54) is 13.2 Å². The van der Waals surface area contributed by atoms with Crippen LogP contribution in [0.15, 0.2) is 47.3 Å². The van der Waals surface area contributed by atoms with E-state index in [0.29, 0.717) is 47.1 Å². The Balaban J connectivity index is 0.00000225. The molecule has 0 fully saturated rings. The zero-order chi connectivity index (χ0) is 19.1. The number of methoxy groups -OCH3 is 1. The third-order valence-electron chi connectivity index (χ3n) is 4.93. The van der Waals surface area contributed by atoms with Gasteiger partial charge in [0.25, 0.3) is 5.56 Å². The first-order valence-corrected chi connectivity index (χ1v) is 8.71. The van der Waals surface area contributed by atoms with Gasteiger partial charge in [-0.3, -0.25) is 9.59 Å². The second kappa shape index (κ2) is 7.58. The number of carbonyl (C=O) groups excluding carboxylic acids is 2. The number of pyridine rings is 1. The van der Waals surface area contributed by atoms with Gasteiger partial charge in [0.1, 0.15) is 0 Å². The molecule has 2 N–H and O–H groups in total. The predicted molar refractivity (Wildman–Crippen MR) is 109 cm³/mol. The van der Waals surface area contributed by atoms with E-state index >= 15 is 0 Å². The van der Waals surface area contributed by atoms with E-state index in [1.807, 2.05) is 18.2 Å². The third kappa shape index (κ3) is 2.82. The van der Waals surface area contributed by atoms with E-state index in [4.69, 9.17) is 10.5 Å². The summed E-state index contributed by atoms with van der Waals surface area (Å²) in [4.78, 5) is 38.2. The molecule has 2 aromatic carbocycles. The van der Waals surface area contributed by atoms with E-state index < -0.39 is 5.97 Å². The van der Waals surface area contributed by atoms with Crippen LogP contribution >= 0.6 is 12.4 Å². The molecule has 0 unspecified atom stereocenters. The molecule has 1 aliphatic carbocycles. The maximum Gasteiger partial charge on any atom is 0.337 e. The minimum atomic E-state index is -0.528. The Morgan fingerprint density at radius 1 is 1.07 bits per heavy atom. The highest BCUT2D eigenvalue weighted by atomic mass is 35.5. The fourth-order valence-corrected chi connectivity index (χ4v) is 3.69. The fraction of sp³-hybridized carbons (Fsp3) is 0.190. The first-order chi connectivity index (χ1) is 13.1. The van der Waals surface area contributed by atoms with Crippen molar-refractivity contribution in [2.24, 2.45) is 5.73 Å². The Morgan fingerprint density at radius 2 is 1.79 bits per heavy atom. The summed E-state index contributed by atoms with van der Waals surface area (Å²) in [5, 5.41) is 0.877. The number of carbonyl (C=O) groups is 2. The van der Waals surface area contributed by atoms with E-state index in [2.05, 4.69) is 0 Å². The summed E-state index contributed by atoms with van der Waals surface area (Å²) in [7, 11) is 1.29. The predicted octanol–water partition coefficient (Wildman–Crippen LogP) is 2.77. The molecule has 0 aliphatic heterocycles. The average Bonchev–Trinajstić information content (AvgIpc) is 3.00. The molecule has 144 valence electrons. The van der Waals surface area contributed by atoms with Gasteiger partial charge >= 0.3 is 5.97 Å². The SMILES string of the molecule is COC(=O)c1ccc2c3c(n(CCCN)c(=O)c2c1)-c1ccccc1C3=O.Cl. The van der Waals surface area contributed by atoms with Crippen molar-refractivity contribution in [1.29, 1.82) is 0 Å². The van der Waals surface area contributed by atoms with Crippen molar-refractivity contribution in [2.75, 3.05) is 13.7 Å². The lowest BCUT2D eigenvalue weighted by molar-refractivity contribution is 0.0601. The lowest BCUT2D eigenvalue weighted by Gasteiger charge is -2.15. The number of aromatic nitrogens is 1. The van der Waals surface area contributed by atoms with E-state index in [0.717, 1.165) is 5.56 Å². The minimum Gasteiger partial charge on any atom is -0.465 e. The molecule has 1 aliphatic rings. The van der Waals surface area contributed by atoms with Crippen molar-refractivity contribution in [3.63, 3.8) is 0 Å². The number of halogens is 1. The lowest BCUT2D eigenvalue weighted by atomic mass is 10.0. The summed E-state index contributed by atoms with van der Waals surface area (Å²) >= 11 is 0. The Labute approximate surface area is 167 Å². The molecule has 0 radical (unpaired) electrons. The first-order valence-electron chi connectivity index (χ1n) is 8.71. The van der Waals surface area contributed by atoms with Crippen LogP contribution in [0.1, 0.15) is 32.7 Å². The van der Waals surface area contributed by atoms with Gasteiger partial charge < -0.3 is 15.0 Å². The van der Waals surface area contributed by atoms with Crippen LogP contribution in [-0.4, -0.2) is 30.0 Å². The number of ether oxygens (including phenoxy) is 1. The zero-order valence-electron chi connectivity index (χ0n) is 15.2. The summed E-state index contributed by atoms with van der Waals surface area (Å²) in [5.74, 6) is -0.641. The van der Waals surface area contributed by atoms with Gasteiger partial charge in [0.05, 0.1) is 23.9 Å². The van der Waals surface area contributed by atoms with Crippen LogP contribution in [0.4, 0.5) is 0 Å². The van der Waals surface area contributed by atoms with Crippen molar-refractivity contribution < 1.29 is 14.3 Å². The summed E-state index contributed by atoms with van der Waals surface area (Å²) in [5.41, 5.74) is 8.14. The largest absolute Gasteiger partial charge is 0.465 e. The van der Waals surface area contributed by atoms with Gasteiger partial charge in [-0.05, 0) is 25.1 Å². The Morgan fingerprint density at radius 3 is 2.46 bits per heavy atom. The fourth-order valence-electron chi connectivity index (χ4n) is 3.69. The molecule has 0 spiro atoms. The standard InChI is InChI=1S/C21H18N2O4.ClH/c1-27-21(26)12-7-8-13-16(11-12)20(25)23(10-4-9-22)18-14-5-2-3-6-15(14)19(24)17(13)18;/h2-3,5-8,11H,4,9-10,22H2,1H3;1H. The average molecular weight is 399 g/mol. The molecule has 7 heteroatoms. The topological polar surface area (TPSA) is 91.4 Å². The molecular weight excluding hydrogens is 380 g/mol. The van der Waals surface area contributed by atoms with Crippen LogP contribution in [0.2, 0.25) is 0 Å². The number of fused-ring (bicyclic) bond motifs is 5. The molecule has 0 bridgehead atoms. The molecule has 1 heterocycles. The molecule has 0 saturated carbocycles. The molecule has 0 saturated heterocycles. The van der Waals surface area contributed by atoms with Crippen LogP contribution in [0.3, 0.4) is 0 Å².